The molecule has 0 spiro atoms. The van der Waals surface area contributed by atoms with Crippen molar-refractivity contribution in [1.29, 1.82) is 0 Å². The predicted molar refractivity (Wildman–Crippen MR) is 80.8 cm³/mol. The Bertz CT molecular complexity index is 600. The van der Waals surface area contributed by atoms with Gasteiger partial charge in [0, 0.05) is 0 Å². The van der Waals surface area contributed by atoms with Crippen LogP contribution in [-0.4, -0.2) is 28.9 Å². The van der Waals surface area contributed by atoms with Crippen molar-refractivity contribution in [3.05, 3.63) is 33.8 Å². The molecule has 0 radical (unpaired) electrons. The number of carbonyl (C=O) groups excluding carboxylic acids is 1. The number of carbonyl (C=O) groups is 1. The minimum atomic E-state index is -0.559. The molecular formula is C11H7BrCl2N4O. The molecule has 1 aromatic carbocycles. The molecule has 2 rings (SSSR count). The highest BCUT2D eigenvalue weighted by molar-refractivity contribution is 9.10. The van der Waals surface area contributed by atoms with Gasteiger partial charge in [-0.25, -0.2) is 5.43 Å². The van der Waals surface area contributed by atoms with Crippen molar-refractivity contribution in [3.63, 3.8) is 0 Å². The van der Waals surface area contributed by atoms with Crippen molar-refractivity contribution >= 4 is 63.2 Å². The smallest absolute Gasteiger partial charge is 0.260 e. The molecule has 1 heterocycles. The van der Waals surface area contributed by atoms with E-state index in [1.807, 2.05) is 0 Å². The van der Waals surface area contributed by atoms with Crippen molar-refractivity contribution in [2.24, 2.45) is 15.3 Å². The minimum Gasteiger partial charge on any atom is -0.271 e. The summed E-state index contributed by atoms with van der Waals surface area (Å²) in [6.07, 6.45) is 2.93. The first kappa shape index (κ1) is 14.2. The highest BCUT2D eigenvalue weighted by atomic mass is 79.9. The largest absolute Gasteiger partial charge is 0.271 e. The second-order valence-electron chi connectivity index (χ2n) is 3.54. The normalized spacial score (nSPS) is 21.1. The van der Waals surface area contributed by atoms with Crippen LogP contribution in [0.4, 0.5) is 0 Å². The van der Waals surface area contributed by atoms with Crippen molar-refractivity contribution in [3.8, 4) is 0 Å². The van der Waals surface area contributed by atoms with Gasteiger partial charge in [0.2, 0.25) is 0 Å². The molecule has 5 nitrogen and oxygen atoms in total. The maximum atomic E-state index is 11.3. The van der Waals surface area contributed by atoms with Crippen LogP contribution in [0.25, 0.3) is 0 Å². The van der Waals surface area contributed by atoms with Crippen LogP contribution in [-0.2, 0) is 4.79 Å². The summed E-state index contributed by atoms with van der Waals surface area (Å²) in [5.41, 5.74) is 3.47. The third kappa shape index (κ3) is 3.62. The number of nitrogens with zero attached hydrogens (tertiary/aromatic N) is 3. The Labute approximate surface area is 127 Å². The summed E-state index contributed by atoms with van der Waals surface area (Å²) >= 11 is 14.9. The van der Waals surface area contributed by atoms with Crippen LogP contribution in [0.3, 0.4) is 0 Å². The van der Waals surface area contributed by atoms with Crippen LogP contribution in [0, 0.1) is 0 Å². The number of hydrogen-bond donors (Lipinski definition) is 1. The summed E-state index contributed by atoms with van der Waals surface area (Å²) in [5.74, 6) is -0.286. The standard InChI is InChI=1S/C11H7BrCl2N4O/c12-10-9(5-16-18-11(10)19)17-15-4-6-1-2-7(13)8(14)3-6/h1-5,10H,(H,18,19)/b15-4-,17-9-. The zero-order chi connectivity index (χ0) is 13.8. The quantitative estimate of drug-likeness (QED) is 0.491. The fourth-order valence-corrected chi connectivity index (χ4v) is 1.87. The van der Waals surface area contributed by atoms with Gasteiger partial charge in [-0.3, -0.25) is 4.79 Å². The fourth-order valence-electron chi connectivity index (χ4n) is 1.25. The first-order chi connectivity index (χ1) is 9.08. The Morgan fingerprint density at radius 2 is 2.16 bits per heavy atom. The molecule has 8 heteroatoms. The highest BCUT2D eigenvalue weighted by Crippen LogP contribution is 2.21. The fraction of sp³-hybridized carbons (Fsp3) is 0.0909. The third-order valence-electron chi connectivity index (χ3n) is 2.19. The predicted octanol–water partition coefficient (Wildman–Crippen LogP) is 2.65. The zero-order valence-electron chi connectivity index (χ0n) is 9.35. The monoisotopic (exact) mass is 360 g/mol. The first-order valence-electron chi connectivity index (χ1n) is 5.11. The molecule has 1 aromatic rings. The Morgan fingerprint density at radius 1 is 1.37 bits per heavy atom. The van der Waals surface area contributed by atoms with E-state index in [2.05, 4.69) is 36.7 Å². The molecule has 1 amide bonds. The Balaban J connectivity index is 2.14. The van der Waals surface area contributed by atoms with Crippen LogP contribution < -0.4 is 5.43 Å². The molecule has 0 fully saturated rings. The molecule has 0 bridgehead atoms. The molecule has 1 aliphatic heterocycles. The lowest BCUT2D eigenvalue weighted by atomic mass is 10.2. The molecule has 1 unspecified atom stereocenters. The van der Waals surface area contributed by atoms with Crippen LogP contribution in [0.5, 0.6) is 0 Å². The van der Waals surface area contributed by atoms with Gasteiger partial charge in [-0.1, -0.05) is 45.2 Å². The first-order valence-corrected chi connectivity index (χ1v) is 6.78. The second kappa shape index (κ2) is 6.27. The number of alkyl halides is 1. The average molecular weight is 362 g/mol. The molecule has 1 aliphatic rings. The molecule has 0 aliphatic carbocycles. The lowest BCUT2D eigenvalue weighted by Gasteiger charge is -2.10. The van der Waals surface area contributed by atoms with Crippen molar-refractivity contribution in [2.45, 2.75) is 4.83 Å². The van der Waals surface area contributed by atoms with Crippen molar-refractivity contribution in [2.75, 3.05) is 0 Å². The number of rotatable bonds is 2. The average Bonchev–Trinajstić information content (AvgIpc) is 2.39. The van der Waals surface area contributed by atoms with E-state index in [0.29, 0.717) is 15.8 Å². The van der Waals surface area contributed by atoms with Gasteiger partial charge in [0.1, 0.15) is 10.5 Å². The van der Waals surface area contributed by atoms with Crippen LogP contribution >= 0.6 is 39.1 Å². The van der Waals surface area contributed by atoms with Gasteiger partial charge in [0.15, 0.2) is 0 Å². The van der Waals surface area contributed by atoms with E-state index in [4.69, 9.17) is 23.2 Å². The number of hydrazone groups is 1. The summed E-state index contributed by atoms with van der Waals surface area (Å²) in [6, 6.07) is 5.09. The maximum absolute atomic E-state index is 11.3. The van der Waals surface area contributed by atoms with Gasteiger partial charge < -0.3 is 0 Å². The van der Waals surface area contributed by atoms with E-state index >= 15 is 0 Å². The summed E-state index contributed by atoms with van der Waals surface area (Å²) in [4.78, 5) is 10.7. The van der Waals surface area contributed by atoms with E-state index < -0.39 is 4.83 Å². The summed E-state index contributed by atoms with van der Waals surface area (Å²) < 4.78 is 0. The molecule has 0 saturated heterocycles. The molecule has 1 atom stereocenters. The molecule has 19 heavy (non-hydrogen) atoms. The summed E-state index contributed by atoms with van der Waals surface area (Å²) in [6.45, 7) is 0. The van der Waals surface area contributed by atoms with Gasteiger partial charge >= 0.3 is 0 Å². The van der Waals surface area contributed by atoms with E-state index in [1.165, 1.54) is 12.4 Å². The second-order valence-corrected chi connectivity index (χ2v) is 5.27. The van der Waals surface area contributed by atoms with E-state index in [9.17, 15) is 4.79 Å². The number of halogens is 3. The van der Waals surface area contributed by atoms with Gasteiger partial charge in [0.05, 0.1) is 22.5 Å². The van der Waals surface area contributed by atoms with Crippen molar-refractivity contribution < 1.29 is 4.79 Å². The number of amides is 1. The third-order valence-corrected chi connectivity index (χ3v) is 3.81. The van der Waals surface area contributed by atoms with Crippen LogP contribution in [0.2, 0.25) is 10.0 Å². The van der Waals surface area contributed by atoms with Gasteiger partial charge in [-0.15, -0.1) is 0 Å². The van der Waals surface area contributed by atoms with Crippen molar-refractivity contribution in [1.82, 2.24) is 5.43 Å². The number of benzene rings is 1. The molecular weight excluding hydrogens is 355 g/mol. The van der Waals surface area contributed by atoms with Gasteiger partial charge in [-0.05, 0) is 17.7 Å². The molecule has 0 saturated carbocycles. The van der Waals surface area contributed by atoms with E-state index in [0.717, 1.165) is 5.56 Å². The van der Waals surface area contributed by atoms with E-state index in [1.54, 1.807) is 18.2 Å². The molecule has 0 aromatic heterocycles. The maximum Gasteiger partial charge on any atom is 0.260 e. The Hall–Kier alpha value is -1.24. The summed E-state index contributed by atoms with van der Waals surface area (Å²) in [5, 5.41) is 12.4. The lowest BCUT2D eigenvalue weighted by molar-refractivity contribution is -0.119. The number of nitrogens with one attached hydrogen (secondary N) is 1. The zero-order valence-corrected chi connectivity index (χ0v) is 12.4. The van der Waals surface area contributed by atoms with E-state index in [-0.39, 0.29) is 5.91 Å². The highest BCUT2D eigenvalue weighted by Gasteiger charge is 2.23. The van der Waals surface area contributed by atoms with Gasteiger partial charge in [0.25, 0.3) is 5.91 Å². The topological polar surface area (TPSA) is 66.2 Å². The SMILES string of the molecule is O=C1NN=C/C(=N/N=C\c2ccc(Cl)c(Cl)c2)C1Br. The van der Waals surface area contributed by atoms with Crippen LogP contribution in [0.1, 0.15) is 5.56 Å². The van der Waals surface area contributed by atoms with Gasteiger partial charge in [-0.2, -0.15) is 15.3 Å². The molecule has 98 valence electrons. The Morgan fingerprint density at radius 3 is 2.89 bits per heavy atom. The van der Waals surface area contributed by atoms with Crippen LogP contribution in [0.15, 0.2) is 33.5 Å². The number of hydrogen-bond acceptors (Lipinski definition) is 4. The minimum absolute atomic E-state index is 0.286. The summed E-state index contributed by atoms with van der Waals surface area (Å²) in [7, 11) is 0. The Kier molecular flexibility index (Phi) is 4.68. The molecule has 1 N–H and O–H groups in total. The lowest BCUT2D eigenvalue weighted by Crippen LogP contribution is -2.38.